The van der Waals surface area contributed by atoms with Crippen molar-refractivity contribution >= 4 is 0 Å². The highest BCUT2D eigenvalue weighted by atomic mass is 14.6. The van der Waals surface area contributed by atoms with Crippen LogP contribution >= 0.6 is 0 Å². The third kappa shape index (κ3) is 3.18. The van der Waals surface area contributed by atoms with Crippen molar-refractivity contribution in [3.05, 3.63) is 35.5 Å². The van der Waals surface area contributed by atoms with Gasteiger partial charge in [-0.1, -0.05) is 64.0 Å². The predicted molar refractivity (Wildman–Crippen MR) is 122 cm³/mol. The lowest BCUT2D eigenvalue weighted by atomic mass is 9.46. The molecule has 0 bridgehead atoms. The largest absolute Gasteiger partial charge is 0.0882 e. The Bertz CT molecular complexity index is 662. The Morgan fingerprint density at radius 1 is 1.14 bits per heavy atom. The van der Waals surface area contributed by atoms with Gasteiger partial charge in [0.15, 0.2) is 0 Å². The van der Waals surface area contributed by atoms with E-state index in [1.807, 2.05) is 0 Å². The van der Waals surface area contributed by atoms with Gasteiger partial charge >= 0.3 is 0 Å². The fourth-order valence-corrected chi connectivity index (χ4v) is 8.30. The van der Waals surface area contributed by atoms with E-state index in [2.05, 4.69) is 58.9 Å². The van der Waals surface area contributed by atoms with Gasteiger partial charge in [-0.15, -0.1) is 0 Å². The van der Waals surface area contributed by atoms with E-state index in [-0.39, 0.29) is 0 Å². The van der Waals surface area contributed by atoms with Crippen LogP contribution in [0.1, 0.15) is 98.8 Å². The summed E-state index contributed by atoms with van der Waals surface area (Å²) in [7, 11) is 0. The maximum Gasteiger partial charge on any atom is -0.00445 e. The maximum atomic E-state index is 2.66. The molecule has 0 aromatic rings. The van der Waals surface area contributed by atoms with Crippen LogP contribution in [0.5, 0.6) is 0 Å². The molecular formula is C28H44. The van der Waals surface area contributed by atoms with Crippen molar-refractivity contribution in [3.8, 4) is 0 Å². The highest BCUT2D eigenvalue weighted by Crippen LogP contribution is 2.66. The average molecular weight is 381 g/mol. The minimum atomic E-state index is 0.478. The third-order valence-electron chi connectivity index (χ3n) is 10.0. The first-order chi connectivity index (χ1) is 13.4. The zero-order valence-corrected chi connectivity index (χ0v) is 19.3. The molecule has 0 spiro atoms. The molecule has 0 aromatic heterocycles. The molecule has 28 heavy (non-hydrogen) atoms. The molecule has 0 aliphatic heterocycles. The Morgan fingerprint density at radius 2 is 1.96 bits per heavy atom. The smallest absolute Gasteiger partial charge is 0.00445 e. The van der Waals surface area contributed by atoms with Gasteiger partial charge in [-0.25, -0.2) is 0 Å². The van der Waals surface area contributed by atoms with Crippen LogP contribution in [-0.4, -0.2) is 0 Å². The number of allylic oxidation sites excluding steroid dienone is 6. The van der Waals surface area contributed by atoms with E-state index in [4.69, 9.17) is 0 Å². The normalized spacial score (nSPS) is 41.3. The minimum absolute atomic E-state index is 0.478. The molecule has 0 radical (unpaired) electrons. The summed E-state index contributed by atoms with van der Waals surface area (Å²) in [5, 5.41) is 0. The van der Waals surface area contributed by atoms with E-state index >= 15 is 0 Å². The Morgan fingerprint density at radius 3 is 2.71 bits per heavy atom. The van der Waals surface area contributed by atoms with Gasteiger partial charge in [0, 0.05) is 0 Å². The van der Waals surface area contributed by atoms with Crippen LogP contribution in [0, 0.1) is 40.4 Å². The summed E-state index contributed by atoms with van der Waals surface area (Å²) in [6, 6.07) is 0. The molecule has 0 N–H and O–H groups in total. The number of hydrogen-bond donors (Lipinski definition) is 0. The van der Waals surface area contributed by atoms with Gasteiger partial charge in [0.1, 0.15) is 0 Å². The topological polar surface area (TPSA) is 0 Å². The van der Waals surface area contributed by atoms with Crippen molar-refractivity contribution in [2.75, 3.05) is 0 Å². The molecule has 0 amide bonds. The van der Waals surface area contributed by atoms with Gasteiger partial charge in [0.25, 0.3) is 0 Å². The van der Waals surface area contributed by atoms with Gasteiger partial charge < -0.3 is 0 Å². The molecule has 4 aliphatic carbocycles. The molecule has 3 unspecified atom stereocenters. The van der Waals surface area contributed by atoms with Crippen LogP contribution in [0.2, 0.25) is 0 Å². The lowest BCUT2D eigenvalue weighted by molar-refractivity contribution is -0.0558. The summed E-state index contributed by atoms with van der Waals surface area (Å²) in [6.45, 7) is 12.2. The summed E-state index contributed by atoms with van der Waals surface area (Å²) in [4.78, 5) is 0. The molecule has 0 nitrogen and oxygen atoms in total. The molecule has 6 atom stereocenters. The molecule has 4 aliphatic rings. The first-order valence-corrected chi connectivity index (χ1v) is 12.4. The fraction of sp³-hybridized carbons (Fsp3) is 0.786. The summed E-state index contributed by atoms with van der Waals surface area (Å²) < 4.78 is 0. The Balaban J connectivity index is 1.54. The van der Waals surface area contributed by atoms with E-state index in [0.717, 1.165) is 23.7 Å². The van der Waals surface area contributed by atoms with Crippen molar-refractivity contribution in [2.24, 2.45) is 40.4 Å². The monoisotopic (exact) mass is 380 g/mol. The van der Waals surface area contributed by atoms with Crippen molar-refractivity contribution < 1.29 is 0 Å². The van der Waals surface area contributed by atoms with Crippen LogP contribution in [0.15, 0.2) is 35.5 Å². The van der Waals surface area contributed by atoms with Gasteiger partial charge in [-0.3, -0.25) is 0 Å². The van der Waals surface area contributed by atoms with Gasteiger partial charge in [0.05, 0.1) is 0 Å². The highest BCUT2D eigenvalue weighted by Gasteiger charge is 2.57. The second-order valence-electron chi connectivity index (χ2n) is 11.3. The van der Waals surface area contributed by atoms with E-state index in [9.17, 15) is 0 Å². The molecule has 0 heterocycles. The molecule has 4 rings (SSSR count). The minimum Gasteiger partial charge on any atom is -0.0882 e. The van der Waals surface area contributed by atoms with Gasteiger partial charge in [-0.2, -0.15) is 0 Å². The predicted octanol–water partition coefficient (Wildman–Crippen LogP) is 8.50. The molecule has 2 fully saturated rings. The number of rotatable bonds is 5. The Labute approximate surface area is 175 Å². The number of fused-ring (bicyclic) bond motifs is 5. The molecule has 156 valence electrons. The Kier molecular flexibility index (Phi) is 5.71. The molecule has 0 saturated heterocycles. The summed E-state index contributed by atoms with van der Waals surface area (Å²) in [5.74, 6) is 4.51. The van der Waals surface area contributed by atoms with Crippen LogP contribution in [0.4, 0.5) is 0 Å². The van der Waals surface area contributed by atoms with Gasteiger partial charge in [-0.05, 0) is 111 Å². The quantitative estimate of drug-likeness (QED) is 0.419. The van der Waals surface area contributed by atoms with Crippen LogP contribution in [0.3, 0.4) is 0 Å². The first kappa shape index (κ1) is 20.5. The van der Waals surface area contributed by atoms with E-state index in [0.29, 0.717) is 16.7 Å². The molecular weight excluding hydrogens is 336 g/mol. The average Bonchev–Trinajstić information content (AvgIpc) is 3.13. The molecule has 0 aromatic carbocycles. The number of hydrogen-bond acceptors (Lipinski definition) is 0. The SMILES string of the molecule is C/C=C(/CC[C@@H](C)[C@@]12CCCC1C1CC=C3C=CCC[C@]3(C)C1CC2)C(C)C. The standard InChI is InChI=1S/C28H44/c1-6-22(20(2)3)13-12-21(4)28-18-9-11-26(28)24-15-14-23-10-7-8-17-27(23,5)25(24)16-19-28/h6-7,10,14,20-21,24-26H,8-9,11-13,15-19H2,1-5H3/b22-6-/t21-,24?,25?,26?,27+,28+/m1/s1. The third-order valence-corrected chi connectivity index (χ3v) is 10.0. The molecule has 0 heteroatoms. The van der Waals surface area contributed by atoms with Crippen molar-refractivity contribution in [1.29, 1.82) is 0 Å². The van der Waals surface area contributed by atoms with E-state index in [1.165, 1.54) is 64.2 Å². The first-order valence-electron chi connectivity index (χ1n) is 12.4. The summed E-state index contributed by atoms with van der Waals surface area (Å²) in [6.07, 6.45) is 24.3. The highest BCUT2D eigenvalue weighted by molar-refractivity contribution is 5.34. The van der Waals surface area contributed by atoms with E-state index < -0.39 is 0 Å². The van der Waals surface area contributed by atoms with Crippen LogP contribution in [0.25, 0.3) is 0 Å². The summed E-state index contributed by atoms with van der Waals surface area (Å²) >= 11 is 0. The second-order valence-corrected chi connectivity index (χ2v) is 11.3. The van der Waals surface area contributed by atoms with Crippen molar-refractivity contribution in [1.82, 2.24) is 0 Å². The summed E-state index contributed by atoms with van der Waals surface area (Å²) in [5.41, 5.74) is 4.50. The zero-order valence-electron chi connectivity index (χ0n) is 19.3. The second kappa shape index (κ2) is 7.81. The van der Waals surface area contributed by atoms with Crippen molar-refractivity contribution in [2.45, 2.75) is 98.8 Å². The van der Waals surface area contributed by atoms with E-state index in [1.54, 1.807) is 11.1 Å². The molecule has 2 saturated carbocycles. The zero-order chi connectivity index (χ0) is 19.9. The lowest BCUT2D eigenvalue weighted by Crippen LogP contribution is -2.50. The van der Waals surface area contributed by atoms with Crippen LogP contribution < -0.4 is 0 Å². The van der Waals surface area contributed by atoms with Crippen LogP contribution in [-0.2, 0) is 0 Å². The Hall–Kier alpha value is -0.780. The maximum absolute atomic E-state index is 2.66. The van der Waals surface area contributed by atoms with Gasteiger partial charge in [0.2, 0.25) is 0 Å². The van der Waals surface area contributed by atoms with Crippen molar-refractivity contribution in [3.63, 3.8) is 0 Å². The fourth-order valence-electron chi connectivity index (χ4n) is 8.30. The lowest BCUT2D eigenvalue weighted by Gasteiger charge is -2.58.